The van der Waals surface area contributed by atoms with Crippen molar-refractivity contribution in [2.24, 2.45) is 5.73 Å². The van der Waals surface area contributed by atoms with Gasteiger partial charge < -0.3 is 15.2 Å². The van der Waals surface area contributed by atoms with Gasteiger partial charge in [-0.25, -0.2) is 0 Å². The predicted octanol–water partition coefficient (Wildman–Crippen LogP) is 1.31. The zero-order valence-corrected chi connectivity index (χ0v) is 10.3. The molecule has 18 heavy (non-hydrogen) atoms. The van der Waals surface area contributed by atoms with Crippen molar-refractivity contribution in [3.05, 3.63) is 29.3 Å². The van der Waals surface area contributed by atoms with E-state index in [0.717, 1.165) is 24.2 Å². The maximum atomic E-state index is 12.6. The topological polar surface area (TPSA) is 61.6 Å². The summed E-state index contributed by atoms with van der Waals surface area (Å²) in [5.74, 6) is 0.671. The Labute approximate surface area is 106 Å². The molecule has 2 aliphatic heterocycles. The number of Topliss-reactive ketones (excluding diaryl/α,β-unsaturated/α-hetero) is 1. The molecule has 96 valence electrons. The van der Waals surface area contributed by atoms with Gasteiger partial charge in [-0.1, -0.05) is 12.1 Å². The van der Waals surface area contributed by atoms with Gasteiger partial charge in [-0.05, 0) is 30.9 Å². The van der Waals surface area contributed by atoms with E-state index in [1.807, 2.05) is 12.1 Å². The van der Waals surface area contributed by atoms with E-state index in [-0.39, 0.29) is 5.78 Å². The molecule has 1 atom stereocenters. The van der Waals surface area contributed by atoms with E-state index < -0.39 is 5.54 Å². The molecule has 4 nitrogen and oxygen atoms in total. The van der Waals surface area contributed by atoms with E-state index in [1.165, 1.54) is 0 Å². The van der Waals surface area contributed by atoms with E-state index in [1.54, 1.807) is 6.07 Å². The number of ketones is 1. The summed E-state index contributed by atoms with van der Waals surface area (Å²) in [5.41, 5.74) is 6.98. The molecule has 0 aliphatic carbocycles. The van der Waals surface area contributed by atoms with Gasteiger partial charge in [0.2, 0.25) is 0 Å². The first-order valence-electron chi connectivity index (χ1n) is 6.37. The molecule has 1 unspecified atom stereocenters. The van der Waals surface area contributed by atoms with Crippen LogP contribution in [0.4, 0.5) is 0 Å². The number of para-hydroxylation sites is 1. The zero-order chi connectivity index (χ0) is 12.6. The molecule has 0 radical (unpaired) electrons. The van der Waals surface area contributed by atoms with Crippen molar-refractivity contribution < 1.29 is 14.3 Å². The van der Waals surface area contributed by atoms with Gasteiger partial charge in [0, 0.05) is 6.61 Å². The van der Waals surface area contributed by atoms with Crippen LogP contribution in [0, 0.1) is 0 Å². The van der Waals surface area contributed by atoms with Crippen molar-refractivity contribution in [1.82, 2.24) is 0 Å². The second-order valence-corrected chi connectivity index (χ2v) is 5.03. The third kappa shape index (κ3) is 1.82. The number of carbonyl (C=O) groups is 1. The van der Waals surface area contributed by atoms with Gasteiger partial charge in [0.25, 0.3) is 0 Å². The Hall–Kier alpha value is -1.39. The Morgan fingerprint density at radius 3 is 3.00 bits per heavy atom. The quantitative estimate of drug-likeness (QED) is 0.800. The SMILES string of the molecule is NC1(C(=O)c2cccc3c2OCCC3)CCOC1. The van der Waals surface area contributed by atoms with Crippen LogP contribution in [0.5, 0.6) is 5.75 Å². The normalized spacial score (nSPS) is 26.5. The lowest BCUT2D eigenvalue weighted by molar-refractivity contribution is 0.0858. The first-order valence-corrected chi connectivity index (χ1v) is 6.37. The van der Waals surface area contributed by atoms with Crippen molar-refractivity contribution in [1.29, 1.82) is 0 Å². The van der Waals surface area contributed by atoms with Gasteiger partial charge in [-0.3, -0.25) is 4.79 Å². The maximum absolute atomic E-state index is 12.6. The minimum absolute atomic E-state index is 0.0567. The number of fused-ring (bicyclic) bond motifs is 1. The molecule has 0 spiro atoms. The van der Waals surface area contributed by atoms with E-state index >= 15 is 0 Å². The van der Waals surface area contributed by atoms with E-state index in [0.29, 0.717) is 31.8 Å². The largest absolute Gasteiger partial charge is 0.493 e. The fraction of sp³-hybridized carbons (Fsp3) is 0.500. The van der Waals surface area contributed by atoms with Gasteiger partial charge in [0.1, 0.15) is 11.3 Å². The summed E-state index contributed by atoms with van der Waals surface area (Å²) in [7, 11) is 0. The van der Waals surface area contributed by atoms with Gasteiger partial charge in [-0.15, -0.1) is 0 Å². The van der Waals surface area contributed by atoms with Crippen LogP contribution in [-0.2, 0) is 11.2 Å². The van der Waals surface area contributed by atoms with Crippen molar-refractivity contribution in [2.75, 3.05) is 19.8 Å². The summed E-state index contributed by atoms with van der Waals surface area (Å²) in [5, 5.41) is 0. The first kappa shape index (κ1) is 11.7. The molecular formula is C14H17NO3. The predicted molar refractivity (Wildman–Crippen MR) is 66.9 cm³/mol. The van der Waals surface area contributed by atoms with Crippen LogP contribution >= 0.6 is 0 Å². The Kier molecular flexibility index (Phi) is 2.84. The van der Waals surface area contributed by atoms with Crippen molar-refractivity contribution in [2.45, 2.75) is 24.8 Å². The lowest BCUT2D eigenvalue weighted by Crippen LogP contribution is -2.48. The Morgan fingerprint density at radius 1 is 1.33 bits per heavy atom. The van der Waals surface area contributed by atoms with Crippen LogP contribution < -0.4 is 10.5 Å². The lowest BCUT2D eigenvalue weighted by atomic mass is 9.87. The molecular weight excluding hydrogens is 230 g/mol. The highest BCUT2D eigenvalue weighted by Gasteiger charge is 2.40. The highest BCUT2D eigenvalue weighted by molar-refractivity contribution is 6.05. The van der Waals surface area contributed by atoms with E-state index in [4.69, 9.17) is 15.2 Å². The van der Waals surface area contributed by atoms with Crippen LogP contribution in [0.1, 0.15) is 28.8 Å². The third-order valence-electron chi connectivity index (χ3n) is 3.68. The minimum Gasteiger partial charge on any atom is -0.493 e. The van der Waals surface area contributed by atoms with Crippen molar-refractivity contribution >= 4 is 5.78 Å². The summed E-state index contributed by atoms with van der Waals surface area (Å²) in [6, 6.07) is 5.72. The fourth-order valence-corrected chi connectivity index (χ4v) is 2.60. The molecule has 2 heterocycles. The molecule has 4 heteroatoms. The number of nitrogens with two attached hydrogens (primary N) is 1. The Morgan fingerprint density at radius 2 is 2.22 bits per heavy atom. The number of hydrogen-bond acceptors (Lipinski definition) is 4. The fourth-order valence-electron chi connectivity index (χ4n) is 2.60. The second-order valence-electron chi connectivity index (χ2n) is 5.03. The molecule has 0 saturated carbocycles. The number of carbonyl (C=O) groups excluding carboxylic acids is 1. The molecule has 1 aromatic carbocycles. The molecule has 1 fully saturated rings. The zero-order valence-electron chi connectivity index (χ0n) is 10.3. The number of rotatable bonds is 2. The maximum Gasteiger partial charge on any atom is 0.188 e. The molecule has 2 N–H and O–H groups in total. The van der Waals surface area contributed by atoms with Crippen LogP contribution in [0.3, 0.4) is 0 Å². The molecule has 3 rings (SSSR count). The first-order chi connectivity index (χ1) is 8.71. The summed E-state index contributed by atoms with van der Waals surface area (Å²) in [6.45, 7) is 1.53. The smallest absolute Gasteiger partial charge is 0.188 e. The average molecular weight is 247 g/mol. The molecule has 0 aromatic heterocycles. The van der Waals surface area contributed by atoms with Crippen molar-refractivity contribution in [3.8, 4) is 5.75 Å². The van der Waals surface area contributed by atoms with E-state index in [9.17, 15) is 4.79 Å². The number of benzene rings is 1. The summed E-state index contributed by atoms with van der Waals surface area (Å²) < 4.78 is 10.9. The van der Waals surface area contributed by atoms with Crippen LogP contribution in [-0.4, -0.2) is 31.1 Å². The standard InChI is InChI=1S/C14H17NO3/c15-14(6-8-17-9-14)13(16)11-5-1-3-10-4-2-7-18-12(10)11/h1,3,5H,2,4,6-9,15H2. The number of aryl methyl sites for hydroxylation is 1. The molecule has 1 saturated heterocycles. The van der Waals surface area contributed by atoms with Crippen LogP contribution in [0.15, 0.2) is 18.2 Å². The molecule has 2 aliphatic rings. The number of hydrogen-bond donors (Lipinski definition) is 1. The summed E-state index contributed by atoms with van der Waals surface area (Å²) in [6.07, 6.45) is 2.54. The molecule has 0 amide bonds. The van der Waals surface area contributed by atoms with Gasteiger partial charge in [0.15, 0.2) is 5.78 Å². The highest BCUT2D eigenvalue weighted by atomic mass is 16.5. The van der Waals surface area contributed by atoms with Crippen molar-refractivity contribution in [3.63, 3.8) is 0 Å². The van der Waals surface area contributed by atoms with Gasteiger partial charge >= 0.3 is 0 Å². The van der Waals surface area contributed by atoms with Gasteiger partial charge in [0.05, 0.1) is 18.8 Å². The second kappa shape index (κ2) is 4.37. The third-order valence-corrected chi connectivity index (χ3v) is 3.68. The summed E-state index contributed by atoms with van der Waals surface area (Å²) >= 11 is 0. The highest BCUT2D eigenvalue weighted by Crippen LogP contribution is 2.32. The minimum atomic E-state index is -0.879. The van der Waals surface area contributed by atoms with Crippen LogP contribution in [0.2, 0.25) is 0 Å². The van der Waals surface area contributed by atoms with Crippen LogP contribution in [0.25, 0.3) is 0 Å². The van der Waals surface area contributed by atoms with E-state index in [2.05, 4.69) is 0 Å². The Bertz CT molecular complexity index is 478. The summed E-state index contributed by atoms with van der Waals surface area (Å²) in [4.78, 5) is 12.6. The average Bonchev–Trinajstić information content (AvgIpc) is 2.85. The molecule has 1 aromatic rings. The lowest BCUT2D eigenvalue weighted by Gasteiger charge is -2.24. The monoisotopic (exact) mass is 247 g/mol. The van der Waals surface area contributed by atoms with Gasteiger partial charge in [-0.2, -0.15) is 0 Å². The number of ether oxygens (including phenoxy) is 2. The molecule has 0 bridgehead atoms. The Balaban J connectivity index is 1.99.